The summed E-state index contributed by atoms with van der Waals surface area (Å²) < 4.78 is 124. The molecule has 0 aromatic heterocycles. The van der Waals surface area contributed by atoms with Crippen LogP contribution in [-0.4, -0.2) is 73.3 Å². The van der Waals surface area contributed by atoms with Gasteiger partial charge in [-0.15, -0.1) is 0 Å². The molecule has 8 aliphatic heterocycles. The van der Waals surface area contributed by atoms with Crippen molar-refractivity contribution in [3.63, 3.8) is 0 Å². The van der Waals surface area contributed by atoms with E-state index in [-0.39, 0.29) is 29.2 Å². The predicted octanol–water partition coefficient (Wildman–Crippen LogP) is 7.22. The monoisotopic (exact) mass is 728 g/mol. The van der Waals surface area contributed by atoms with Crippen LogP contribution >= 0.6 is 0 Å². The maximum Gasteiger partial charge on any atom is 0.449 e. The van der Waals surface area contributed by atoms with E-state index in [1.165, 1.54) is 6.92 Å². The van der Waals surface area contributed by atoms with Crippen LogP contribution in [0.15, 0.2) is 11.3 Å². The lowest BCUT2D eigenvalue weighted by Gasteiger charge is -2.62. The standard InChI is InChI=1S/C34H46F6O10/c1-17-6-8-23-19(3)32(34(38,39)40,46-27-30(23)21(17)10-13-29(5,45-27)48-49-30)42-15-14-41-16-20-24-9-7-18(2)22-11-12-28(4)44-26(31(22,24)50-47-28)43-25(20)33(35,36)37/h17-19,21-24,26-27H,6-16H2,1-5H3/t17-,18-,19-,21?,22?,23+,24+,26-,27+,28+,29+,30-,31-,32-/m1/s1. The van der Waals surface area contributed by atoms with Crippen molar-refractivity contribution < 1.29 is 74.3 Å². The number of ether oxygens (including phenoxy) is 6. The van der Waals surface area contributed by atoms with Gasteiger partial charge in [0.05, 0.1) is 19.8 Å². The van der Waals surface area contributed by atoms with Gasteiger partial charge < -0.3 is 28.4 Å². The summed E-state index contributed by atoms with van der Waals surface area (Å²) in [6, 6.07) is 0. The van der Waals surface area contributed by atoms with Crippen LogP contribution in [0.3, 0.4) is 0 Å². The van der Waals surface area contributed by atoms with Gasteiger partial charge in [-0.05, 0) is 70.1 Å². The highest BCUT2D eigenvalue weighted by Gasteiger charge is 2.77. The van der Waals surface area contributed by atoms with E-state index >= 15 is 13.2 Å². The highest BCUT2D eigenvalue weighted by atomic mass is 19.4. The van der Waals surface area contributed by atoms with Crippen molar-refractivity contribution in [2.45, 2.75) is 139 Å². The lowest BCUT2D eigenvalue weighted by Crippen LogP contribution is -2.76. The molecule has 2 unspecified atom stereocenters. The van der Waals surface area contributed by atoms with Gasteiger partial charge in [0.2, 0.25) is 23.6 Å². The summed E-state index contributed by atoms with van der Waals surface area (Å²) in [6.45, 7) is 7.08. The van der Waals surface area contributed by atoms with E-state index in [9.17, 15) is 13.2 Å². The molecule has 284 valence electrons. The summed E-state index contributed by atoms with van der Waals surface area (Å²) in [7, 11) is 0. The fraction of sp³-hybridized carbons (Fsp3) is 0.941. The third-order valence-corrected chi connectivity index (χ3v) is 13.4. The van der Waals surface area contributed by atoms with Crippen molar-refractivity contribution in [2.24, 2.45) is 41.4 Å². The summed E-state index contributed by atoms with van der Waals surface area (Å²) in [5, 5.41) is 0. The number of hydrogen-bond acceptors (Lipinski definition) is 10. The van der Waals surface area contributed by atoms with E-state index in [0.29, 0.717) is 51.4 Å². The Morgan fingerprint density at radius 3 is 1.92 bits per heavy atom. The number of alkyl halides is 6. The van der Waals surface area contributed by atoms with Crippen LogP contribution in [0.2, 0.25) is 0 Å². The quantitative estimate of drug-likeness (QED) is 0.159. The fourth-order valence-corrected chi connectivity index (χ4v) is 10.8. The summed E-state index contributed by atoms with van der Waals surface area (Å²) in [5.41, 5.74) is -2.77. The van der Waals surface area contributed by atoms with Crippen molar-refractivity contribution in [1.82, 2.24) is 0 Å². The second-order valence-corrected chi connectivity index (χ2v) is 16.2. The molecule has 4 bridgehead atoms. The van der Waals surface area contributed by atoms with E-state index < -0.39 is 96.8 Å². The Balaban J connectivity index is 1.03. The van der Waals surface area contributed by atoms with Gasteiger partial charge in [-0.1, -0.05) is 20.8 Å². The van der Waals surface area contributed by atoms with Crippen molar-refractivity contribution in [2.75, 3.05) is 19.8 Å². The second kappa shape index (κ2) is 11.6. The number of allylic oxidation sites excluding steroid dienone is 1. The molecule has 0 amide bonds. The van der Waals surface area contributed by atoms with Crippen LogP contribution in [0, 0.1) is 41.4 Å². The number of hydrogen-bond donors (Lipinski definition) is 0. The first-order valence-corrected chi connectivity index (χ1v) is 17.9. The Hall–Kier alpha value is -1.24. The minimum Gasteiger partial charge on any atom is -0.456 e. The average Bonchev–Trinajstić information content (AvgIpc) is 3.41. The summed E-state index contributed by atoms with van der Waals surface area (Å²) in [5.74, 6) is -9.77. The van der Waals surface area contributed by atoms with Gasteiger partial charge in [0.1, 0.15) is 0 Å². The van der Waals surface area contributed by atoms with E-state index in [1.807, 2.05) is 6.92 Å². The van der Waals surface area contributed by atoms with Crippen LogP contribution < -0.4 is 0 Å². The molecule has 2 spiro atoms. The molecular weight excluding hydrogens is 682 g/mol. The Morgan fingerprint density at radius 1 is 0.680 bits per heavy atom. The zero-order valence-electron chi connectivity index (χ0n) is 28.8. The largest absolute Gasteiger partial charge is 0.456 e. The number of halogens is 6. The van der Waals surface area contributed by atoms with Crippen molar-refractivity contribution >= 4 is 0 Å². The molecule has 9 fully saturated rings. The van der Waals surface area contributed by atoms with E-state index in [2.05, 4.69) is 6.92 Å². The molecule has 14 atom stereocenters. The molecule has 10 rings (SSSR count). The van der Waals surface area contributed by atoms with Crippen LogP contribution in [0.1, 0.15) is 86.0 Å². The molecule has 50 heavy (non-hydrogen) atoms. The highest BCUT2D eigenvalue weighted by molar-refractivity contribution is 5.28. The molecule has 0 N–H and O–H groups in total. The molecule has 0 radical (unpaired) electrons. The lowest BCUT2D eigenvalue weighted by atomic mass is 9.57. The second-order valence-electron chi connectivity index (χ2n) is 16.2. The molecule has 16 heteroatoms. The molecule has 10 nitrogen and oxygen atoms in total. The molecule has 7 saturated heterocycles. The van der Waals surface area contributed by atoms with E-state index in [4.69, 9.17) is 48.0 Å². The maximum absolute atomic E-state index is 15.2. The van der Waals surface area contributed by atoms with Gasteiger partial charge in [0, 0.05) is 42.1 Å². The summed E-state index contributed by atoms with van der Waals surface area (Å²) in [4.78, 5) is 23.4. The number of fused-ring (bicyclic) bond motifs is 4. The zero-order valence-corrected chi connectivity index (χ0v) is 28.8. The maximum atomic E-state index is 15.2. The Morgan fingerprint density at radius 2 is 1.28 bits per heavy atom. The normalized spacial score (nSPS) is 51.4. The Labute approximate surface area is 286 Å². The van der Waals surface area contributed by atoms with Crippen LogP contribution in [0.4, 0.5) is 26.3 Å². The number of rotatable bonds is 6. The van der Waals surface area contributed by atoms with Gasteiger partial charge in [-0.2, -0.15) is 26.3 Å². The fourth-order valence-electron chi connectivity index (χ4n) is 10.8. The first-order valence-electron chi connectivity index (χ1n) is 17.9. The van der Waals surface area contributed by atoms with Gasteiger partial charge in [-0.3, -0.25) is 0 Å². The van der Waals surface area contributed by atoms with Crippen molar-refractivity contribution in [1.29, 1.82) is 0 Å². The van der Waals surface area contributed by atoms with Crippen LogP contribution in [0.25, 0.3) is 0 Å². The van der Waals surface area contributed by atoms with Gasteiger partial charge in [-0.25, -0.2) is 19.6 Å². The highest BCUT2D eigenvalue weighted by Crippen LogP contribution is 2.65. The first kappa shape index (κ1) is 35.8. The Kier molecular flexibility index (Phi) is 8.32. The average molecular weight is 729 g/mol. The molecule has 0 aromatic carbocycles. The molecule has 10 aliphatic rings. The smallest absolute Gasteiger partial charge is 0.449 e. The van der Waals surface area contributed by atoms with E-state index in [0.717, 1.165) is 0 Å². The van der Waals surface area contributed by atoms with Gasteiger partial charge in [0.25, 0.3) is 5.79 Å². The molecule has 0 aromatic rings. The molecular formula is C34H46F6O10. The minimum atomic E-state index is -5.00. The third kappa shape index (κ3) is 5.01. The van der Waals surface area contributed by atoms with E-state index in [1.54, 1.807) is 13.8 Å². The van der Waals surface area contributed by atoms with Crippen LogP contribution in [-0.2, 0) is 48.0 Å². The topological polar surface area (TPSA) is 92.3 Å². The van der Waals surface area contributed by atoms with Gasteiger partial charge >= 0.3 is 12.4 Å². The first-order chi connectivity index (χ1) is 23.4. The molecule has 8 heterocycles. The minimum absolute atomic E-state index is 0.0954. The Bertz CT molecular complexity index is 1380. The van der Waals surface area contributed by atoms with Crippen LogP contribution in [0.5, 0.6) is 0 Å². The van der Waals surface area contributed by atoms with Crippen molar-refractivity contribution in [3.8, 4) is 0 Å². The third-order valence-electron chi connectivity index (χ3n) is 13.4. The SMILES string of the molecule is C[C@@H]1CC[C@H]2C(COCCO[C@@]3(C(F)(F)F)O[C@@H]4O[C@]5(C)CCC6[C@H](C)CC[C@@H]([C@H]3C)[C@]64OO5)=C(C(F)(F)F)O[C@@H]3O[C@]4(C)CCC1[C@]32OO4. The van der Waals surface area contributed by atoms with Crippen molar-refractivity contribution in [3.05, 3.63) is 11.3 Å². The summed E-state index contributed by atoms with van der Waals surface area (Å²) >= 11 is 0. The molecule has 2 saturated carbocycles. The summed E-state index contributed by atoms with van der Waals surface area (Å²) in [6.07, 6.45) is -8.55. The van der Waals surface area contributed by atoms with Gasteiger partial charge in [0.15, 0.2) is 17.5 Å². The zero-order chi connectivity index (χ0) is 35.7. The predicted molar refractivity (Wildman–Crippen MR) is 156 cm³/mol. The lowest BCUT2D eigenvalue weighted by molar-refractivity contribution is -0.599. The molecule has 2 aliphatic carbocycles.